The van der Waals surface area contributed by atoms with Crippen LogP contribution in [0.3, 0.4) is 0 Å². The van der Waals surface area contributed by atoms with Gasteiger partial charge in [-0.3, -0.25) is 4.79 Å². The first-order chi connectivity index (χ1) is 8.94. The number of benzene rings is 1. The predicted molar refractivity (Wildman–Crippen MR) is 82.2 cm³/mol. The molecule has 1 heterocycles. The van der Waals surface area contributed by atoms with Crippen molar-refractivity contribution in [2.24, 2.45) is 0 Å². The van der Waals surface area contributed by atoms with E-state index in [0.29, 0.717) is 0 Å². The highest BCUT2D eigenvalue weighted by atomic mass is 32.1. The standard InChI is InChI=1S/C17H20OS/c1-5-17(3,4)14-9-7-13(8-10-14)16(18)15-11-6-12(2)19-15/h6-11H,5H2,1-4H3. The number of rotatable bonds is 4. The third-order valence-corrected chi connectivity index (χ3v) is 4.78. The van der Waals surface area contributed by atoms with Gasteiger partial charge in [0.25, 0.3) is 0 Å². The van der Waals surface area contributed by atoms with Gasteiger partial charge in [-0.2, -0.15) is 0 Å². The molecule has 0 bridgehead atoms. The lowest BCUT2D eigenvalue weighted by Crippen LogP contribution is -2.15. The van der Waals surface area contributed by atoms with E-state index in [1.165, 1.54) is 10.4 Å². The van der Waals surface area contributed by atoms with E-state index in [-0.39, 0.29) is 11.2 Å². The molecule has 100 valence electrons. The molecule has 2 rings (SSSR count). The average Bonchev–Trinajstić information content (AvgIpc) is 2.85. The maximum absolute atomic E-state index is 12.3. The Bertz CT molecular complexity index is 576. The Morgan fingerprint density at radius 2 is 1.74 bits per heavy atom. The molecule has 0 aliphatic heterocycles. The smallest absolute Gasteiger partial charge is 0.202 e. The summed E-state index contributed by atoms with van der Waals surface area (Å²) in [5.41, 5.74) is 2.23. The molecule has 0 saturated heterocycles. The van der Waals surface area contributed by atoms with Crippen molar-refractivity contribution < 1.29 is 4.79 Å². The van der Waals surface area contributed by atoms with Crippen LogP contribution in [0.1, 0.15) is 52.9 Å². The summed E-state index contributed by atoms with van der Waals surface area (Å²) >= 11 is 1.56. The molecule has 0 atom stereocenters. The lowest BCUT2D eigenvalue weighted by Gasteiger charge is -2.23. The fourth-order valence-electron chi connectivity index (χ4n) is 1.98. The van der Waals surface area contributed by atoms with Crippen LogP contribution in [0.15, 0.2) is 36.4 Å². The largest absolute Gasteiger partial charge is 0.288 e. The van der Waals surface area contributed by atoms with E-state index >= 15 is 0 Å². The molecule has 1 nitrogen and oxygen atoms in total. The molecular weight excluding hydrogens is 252 g/mol. The fraction of sp³-hybridized carbons (Fsp3) is 0.353. The van der Waals surface area contributed by atoms with Crippen LogP contribution >= 0.6 is 11.3 Å². The Balaban J connectivity index is 2.26. The summed E-state index contributed by atoms with van der Waals surface area (Å²) in [5, 5.41) is 0. The van der Waals surface area contributed by atoms with E-state index in [0.717, 1.165) is 16.9 Å². The van der Waals surface area contributed by atoms with Gasteiger partial charge in [-0.15, -0.1) is 11.3 Å². The molecule has 1 aromatic carbocycles. The van der Waals surface area contributed by atoms with Crippen molar-refractivity contribution in [2.45, 2.75) is 39.5 Å². The molecule has 0 N–H and O–H groups in total. The van der Waals surface area contributed by atoms with E-state index in [2.05, 4.69) is 32.9 Å². The second kappa shape index (κ2) is 5.30. The van der Waals surface area contributed by atoms with Gasteiger partial charge in [0.2, 0.25) is 5.78 Å². The molecule has 2 heteroatoms. The number of carbonyl (C=O) groups excluding carboxylic acids is 1. The zero-order valence-corrected chi connectivity index (χ0v) is 12.8. The third-order valence-electron chi connectivity index (χ3n) is 3.78. The van der Waals surface area contributed by atoms with E-state index in [1.807, 2.05) is 31.2 Å². The van der Waals surface area contributed by atoms with E-state index in [4.69, 9.17) is 0 Å². The lowest BCUT2D eigenvalue weighted by atomic mass is 9.82. The molecule has 0 amide bonds. The number of carbonyl (C=O) groups is 1. The molecule has 1 aromatic heterocycles. The van der Waals surface area contributed by atoms with Crippen LogP contribution in [0.2, 0.25) is 0 Å². The van der Waals surface area contributed by atoms with Gasteiger partial charge < -0.3 is 0 Å². The highest BCUT2D eigenvalue weighted by Crippen LogP contribution is 2.27. The van der Waals surface area contributed by atoms with Gasteiger partial charge >= 0.3 is 0 Å². The minimum absolute atomic E-state index is 0.124. The number of ketones is 1. The van der Waals surface area contributed by atoms with Crippen molar-refractivity contribution in [1.29, 1.82) is 0 Å². The number of aryl methyl sites for hydroxylation is 1. The molecule has 2 aromatic rings. The molecule has 0 aliphatic carbocycles. The SMILES string of the molecule is CCC(C)(C)c1ccc(C(=O)c2ccc(C)s2)cc1. The number of thiophene rings is 1. The van der Waals surface area contributed by atoms with Crippen molar-refractivity contribution in [3.05, 3.63) is 57.3 Å². The van der Waals surface area contributed by atoms with Crippen LogP contribution in [-0.4, -0.2) is 5.78 Å². The summed E-state index contributed by atoms with van der Waals surface area (Å²) in [5.74, 6) is 0.124. The zero-order chi connectivity index (χ0) is 14.0. The molecular formula is C17H20OS. The van der Waals surface area contributed by atoms with Gasteiger partial charge in [-0.1, -0.05) is 45.0 Å². The monoisotopic (exact) mass is 272 g/mol. The highest BCUT2D eigenvalue weighted by Gasteiger charge is 2.18. The van der Waals surface area contributed by atoms with Gasteiger partial charge in [0.1, 0.15) is 0 Å². The summed E-state index contributed by atoms with van der Waals surface area (Å²) < 4.78 is 0. The normalized spacial score (nSPS) is 11.6. The van der Waals surface area contributed by atoms with E-state index in [1.54, 1.807) is 11.3 Å². The first kappa shape index (κ1) is 14.0. The molecule has 19 heavy (non-hydrogen) atoms. The van der Waals surface area contributed by atoms with Crippen molar-refractivity contribution in [3.8, 4) is 0 Å². The van der Waals surface area contributed by atoms with Crippen molar-refractivity contribution in [1.82, 2.24) is 0 Å². The lowest BCUT2D eigenvalue weighted by molar-refractivity contribution is 0.104. The fourth-order valence-corrected chi connectivity index (χ4v) is 2.81. The van der Waals surface area contributed by atoms with Gasteiger partial charge in [0.05, 0.1) is 4.88 Å². The van der Waals surface area contributed by atoms with Crippen molar-refractivity contribution >= 4 is 17.1 Å². The topological polar surface area (TPSA) is 17.1 Å². The van der Waals surface area contributed by atoms with Crippen LogP contribution in [0.25, 0.3) is 0 Å². The maximum atomic E-state index is 12.3. The Kier molecular flexibility index (Phi) is 3.91. The maximum Gasteiger partial charge on any atom is 0.202 e. The number of hydrogen-bond donors (Lipinski definition) is 0. The predicted octanol–water partition coefficient (Wildman–Crippen LogP) is 4.98. The summed E-state index contributed by atoms with van der Waals surface area (Å²) in [4.78, 5) is 14.3. The summed E-state index contributed by atoms with van der Waals surface area (Å²) in [6.45, 7) is 8.67. The van der Waals surface area contributed by atoms with Crippen molar-refractivity contribution in [3.63, 3.8) is 0 Å². The van der Waals surface area contributed by atoms with Crippen LogP contribution < -0.4 is 0 Å². The zero-order valence-electron chi connectivity index (χ0n) is 12.0. The van der Waals surface area contributed by atoms with E-state index < -0.39 is 0 Å². The first-order valence-electron chi connectivity index (χ1n) is 6.66. The summed E-state index contributed by atoms with van der Waals surface area (Å²) in [6, 6.07) is 12.0. The second-order valence-electron chi connectivity index (χ2n) is 5.55. The van der Waals surface area contributed by atoms with Crippen LogP contribution in [0, 0.1) is 6.92 Å². The van der Waals surface area contributed by atoms with Gasteiger partial charge in [-0.25, -0.2) is 0 Å². The number of hydrogen-bond acceptors (Lipinski definition) is 2. The molecule has 0 spiro atoms. The second-order valence-corrected chi connectivity index (χ2v) is 6.84. The quantitative estimate of drug-likeness (QED) is 0.718. The molecule has 0 fully saturated rings. The molecule has 0 radical (unpaired) electrons. The average molecular weight is 272 g/mol. The van der Waals surface area contributed by atoms with Crippen molar-refractivity contribution in [2.75, 3.05) is 0 Å². The minimum atomic E-state index is 0.124. The Hall–Kier alpha value is -1.41. The Labute approximate surface area is 119 Å². The van der Waals surface area contributed by atoms with Crippen LogP contribution in [-0.2, 0) is 5.41 Å². The molecule has 0 saturated carbocycles. The third kappa shape index (κ3) is 2.95. The van der Waals surface area contributed by atoms with Crippen LogP contribution in [0.4, 0.5) is 0 Å². The highest BCUT2D eigenvalue weighted by molar-refractivity contribution is 7.14. The van der Waals surface area contributed by atoms with Gasteiger partial charge in [0.15, 0.2) is 0 Å². The van der Waals surface area contributed by atoms with Gasteiger partial charge in [-0.05, 0) is 36.5 Å². The van der Waals surface area contributed by atoms with Gasteiger partial charge in [0, 0.05) is 10.4 Å². The van der Waals surface area contributed by atoms with Crippen LogP contribution in [0.5, 0.6) is 0 Å². The minimum Gasteiger partial charge on any atom is -0.288 e. The first-order valence-corrected chi connectivity index (χ1v) is 7.47. The Morgan fingerprint density at radius 3 is 2.21 bits per heavy atom. The van der Waals surface area contributed by atoms with E-state index in [9.17, 15) is 4.79 Å². The Morgan fingerprint density at radius 1 is 1.11 bits per heavy atom. The molecule has 0 aliphatic rings. The summed E-state index contributed by atoms with van der Waals surface area (Å²) in [7, 11) is 0. The summed E-state index contributed by atoms with van der Waals surface area (Å²) in [6.07, 6.45) is 1.09. The molecule has 0 unspecified atom stereocenters.